The van der Waals surface area contributed by atoms with E-state index in [0.717, 1.165) is 10.4 Å². The number of nitrogens with zero attached hydrogens (tertiary/aromatic N) is 2. The van der Waals surface area contributed by atoms with Gasteiger partial charge >= 0.3 is 12.3 Å². The van der Waals surface area contributed by atoms with Gasteiger partial charge in [0.15, 0.2) is 12.2 Å². The molecule has 162 valence electrons. The smallest absolute Gasteiger partial charge is 0.422 e. The molecule has 2 heterocycles. The number of rotatable bonds is 4. The summed E-state index contributed by atoms with van der Waals surface area (Å²) in [6.07, 6.45) is -4.94. The van der Waals surface area contributed by atoms with Crippen molar-refractivity contribution in [1.29, 1.82) is 0 Å². The van der Waals surface area contributed by atoms with Gasteiger partial charge in [0.1, 0.15) is 11.6 Å². The Kier molecular flexibility index (Phi) is 5.53. The van der Waals surface area contributed by atoms with Crippen molar-refractivity contribution in [1.82, 2.24) is 9.88 Å². The molecule has 10 heteroatoms. The number of aromatic nitrogens is 1. The van der Waals surface area contributed by atoms with Crippen molar-refractivity contribution in [3.05, 3.63) is 48.5 Å². The third-order valence-electron chi connectivity index (χ3n) is 4.84. The summed E-state index contributed by atoms with van der Waals surface area (Å²) < 4.78 is 46.8. The van der Waals surface area contributed by atoms with E-state index in [0.29, 0.717) is 35.6 Å². The van der Waals surface area contributed by atoms with Crippen LogP contribution in [0.3, 0.4) is 0 Å². The number of hydrogen-bond acceptors (Lipinski definition) is 5. The number of amides is 2. The molecule has 1 aliphatic heterocycles. The fourth-order valence-electron chi connectivity index (χ4n) is 3.40. The predicted molar refractivity (Wildman–Crippen MR) is 105 cm³/mol. The zero-order valence-corrected chi connectivity index (χ0v) is 16.2. The van der Waals surface area contributed by atoms with Gasteiger partial charge in [0.05, 0.1) is 0 Å². The normalized spacial score (nSPS) is 16.5. The summed E-state index contributed by atoms with van der Waals surface area (Å²) in [6, 6.07) is 13.2. The number of alkyl halides is 3. The van der Waals surface area contributed by atoms with E-state index in [1.54, 1.807) is 24.3 Å². The van der Waals surface area contributed by atoms with Crippen LogP contribution in [0.1, 0.15) is 12.8 Å². The maximum Gasteiger partial charge on any atom is 0.422 e. The SMILES string of the molecule is O=C(Nc1ccc(-c2nc3ccccc3o2)cc1)C1CCCN1C(=O)OCC(F)(F)F. The molecule has 2 amide bonds. The van der Waals surface area contributed by atoms with Crippen LogP contribution in [-0.4, -0.2) is 47.3 Å². The van der Waals surface area contributed by atoms with Gasteiger partial charge in [0, 0.05) is 17.8 Å². The molecule has 4 rings (SSSR count). The number of carbonyl (C=O) groups is 2. The van der Waals surface area contributed by atoms with Gasteiger partial charge < -0.3 is 14.5 Å². The number of benzene rings is 2. The number of hydrogen-bond donors (Lipinski definition) is 1. The molecule has 1 unspecified atom stereocenters. The average Bonchev–Trinajstić information content (AvgIpc) is 3.39. The molecule has 1 aromatic heterocycles. The zero-order chi connectivity index (χ0) is 22.0. The average molecular weight is 433 g/mol. The highest BCUT2D eigenvalue weighted by Crippen LogP contribution is 2.26. The number of ether oxygens (including phenoxy) is 1. The quantitative estimate of drug-likeness (QED) is 0.650. The van der Waals surface area contributed by atoms with Crippen molar-refractivity contribution in [3.63, 3.8) is 0 Å². The first-order valence-electron chi connectivity index (χ1n) is 9.57. The minimum Gasteiger partial charge on any atom is -0.440 e. The Bertz CT molecular complexity index is 1060. The molecular weight excluding hydrogens is 415 g/mol. The highest BCUT2D eigenvalue weighted by molar-refractivity contribution is 5.97. The van der Waals surface area contributed by atoms with Gasteiger partial charge in [-0.25, -0.2) is 9.78 Å². The number of fused-ring (bicyclic) bond motifs is 1. The molecule has 0 aliphatic carbocycles. The highest BCUT2D eigenvalue weighted by Gasteiger charge is 2.37. The Morgan fingerprint density at radius 1 is 1.16 bits per heavy atom. The molecule has 0 spiro atoms. The summed E-state index contributed by atoms with van der Waals surface area (Å²) in [6.45, 7) is -1.53. The molecule has 0 bridgehead atoms. The number of nitrogens with one attached hydrogen (secondary N) is 1. The van der Waals surface area contributed by atoms with Crippen molar-refractivity contribution in [3.8, 4) is 11.5 Å². The standard InChI is InChI=1S/C21H18F3N3O4/c22-21(23,24)12-30-20(29)27-11-3-5-16(27)18(28)25-14-9-7-13(8-10-14)19-26-15-4-1-2-6-17(15)31-19/h1-2,4,6-10,16H,3,5,11-12H2,(H,25,28). The van der Waals surface area contributed by atoms with E-state index in [1.165, 1.54) is 0 Å². The van der Waals surface area contributed by atoms with E-state index < -0.39 is 30.8 Å². The van der Waals surface area contributed by atoms with Gasteiger partial charge in [0.2, 0.25) is 11.8 Å². The number of halogens is 3. The summed E-state index contributed by atoms with van der Waals surface area (Å²) in [5, 5.41) is 2.68. The second-order valence-electron chi connectivity index (χ2n) is 7.07. The highest BCUT2D eigenvalue weighted by atomic mass is 19.4. The van der Waals surface area contributed by atoms with Crippen LogP contribution in [0.2, 0.25) is 0 Å². The fraction of sp³-hybridized carbons (Fsp3) is 0.286. The third kappa shape index (κ3) is 4.79. The van der Waals surface area contributed by atoms with Crippen LogP contribution in [0.5, 0.6) is 0 Å². The molecule has 31 heavy (non-hydrogen) atoms. The Morgan fingerprint density at radius 2 is 1.90 bits per heavy atom. The number of carbonyl (C=O) groups excluding carboxylic acids is 2. The molecule has 0 saturated carbocycles. The van der Waals surface area contributed by atoms with Crippen molar-refractivity contribution in [2.75, 3.05) is 18.5 Å². The number of oxazole rings is 1. The Balaban J connectivity index is 1.40. The van der Waals surface area contributed by atoms with Gasteiger partial charge in [0.25, 0.3) is 0 Å². The summed E-state index contributed by atoms with van der Waals surface area (Å²) in [5.74, 6) is -0.0514. The number of para-hydroxylation sites is 2. The van der Waals surface area contributed by atoms with Crippen LogP contribution in [0.15, 0.2) is 52.9 Å². The maximum absolute atomic E-state index is 12.6. The van der Waals surface area contributed by atoms with E-state index in [9.17, 15) is 22.8 Å². The lowest BCUT2D eigenvalue weighted by molar-refractivity contribution is -0.162. The van der Waals surface area contributed by atoms with Crippen LogP contribution in [0.25, 0.3) is 22.6 Å². The lowest BCUT2D eigenvalue weighted by atomic mass is 10.1. The molecular formula is C21H18F3N3O4. The predicted octanol–water partition coefficient (Wildman–Crippen LogP) is 4.60. The second kappa shape index (κ2) is 8.29. The lowest BCUT2D eigenvalue weighted by Gasteiger charge is -2.23. The minimum atomic E-state index is -4.62. The Hall–Kier alpha value is -3.56. The van der Waals surface area contributed by atoms with Crippen LogP contribution >= 0.6 is 0 Å². The van der Waals surface area contributed by atoms with Gasteiger partial charge in [-0.1, -0.05) is 12.1 Å². The first-order chi connectivity index (χ1) is 14.8. The van der Waals surface area contributed by atoms with Crippen LogP contribution in [0, 0.1) is 0 Å². The monoisotopic (exact) mass is 433 g/mol. The van der Waals surface area contributed by atoms with E-state index in [4.69, 9.17) is 4.42 Å². The minimum absolute atomic E-state index is 0.158. The largest absolute Gasteiger partial charge is 0.440 e. The maximum atomic E-state index is 12.6. The Morgan fingerprint density at radius 3 is 2.61 bits per heavy atom. The Labute approximate surface area is 174 Å². The summed E-state index contributed by atoms with van der Waals surface area (Å²) in [7, 11) is 0. The second-order valence-corrected chi connectivity index (χ2v) is 7.07. The molecule has 1 saturated heterocycles. The summed E-state index contributed by atoms with van der Waals surface area (Å²) in [4.78, 5) is 30.0. The van der Waals surface area contributed by atoms with Crippen molar-refractivity contribution in [2.24, 2.45) is 0 Å². The first-order valence-corrected chi connectivity index (χ1v) is 9.57. The molecule has 2 aromatic carbocycles. The molecule has 7 nitrogen and oxygen atoms in total. The van der Waals surface area contributed by atoms with E-state index in [2.05, 4.69) is 15.0 Å². The molecule has 1 N–H and O–H groups in total. The van der Waals surface area contributed by atoms with E-state index in [1.807, 2.05) is 24.3 Å². The van der Waals surface area contributed by atoms with Crippen LogP contribution in [-0.2, 0) is 9.53 Å². The van der Waals surface area contributed by atoms with Gasteiger partial charge in [-0.05, 0) is 49.2 Å². The van der Waals surface area contributed by atoms with Gasteiger partial charge in [-0.2, -0.15) is 13.2 Å². The molecule has 1 atom stereocenters. The summed E-state index contributed by atoms with van der Waals surface area (Å²) >= 11 is 0. The van der Waals surface area contributed by atoms with Crippen LogP contribution < -0.4 is 5.32 Å². The van der Waals surface area contributed by atoms with Crippen molar-refractivity contribution < 1.29 is 31.9 Å². The van der Waals surface area contributed by atoms with Gasteiger partial charge in [-0.15, -0.1) is 0 Å². The number of anilines is 1. The molecule has 1 fully saturated rings. The van der Waals surface area contributed by atoms with E-state index >= 15 is 0 Å². The fourth-order valence-corrected chi connectivity index (χ4v) is 3.40. The molecule has 1 aliphatic rings. The summed E-state index contributed by atoms with van der Waals surface area (Å²) in [5.41, 5.74) is 2.58. The first kappa shape index (κ1) is 20.7. The van der Waals surface area contributed by atoms with Crippen LogP contribution in [0.4, 0.5) is 23.7 Å². The van der Waals surface area contributed by atoms with E-state index in [-0.39, 0.29) is 6.54 Å². The molecule has 0 radical (unpaired) electrons. The topological polar surface area (TPSA) is 84.7 Å². The molecule has 3 aromatic rings. The zero-order valence-electron chi connectivity index (χ0n) is 16.2. The van der Waals surface area contributed by atoms with Crippen molar-refractivity contribution in [2.45, 2.75) is 25.1 Å². The lowest BCUT2D eigenvalue weighted by Crippen LogP contribution is -2.44. The number of likely N-dealkylation sites (tertiary alicyclic amines) is 1. The van der Waals surface area contributed by atoms with Gasteiger partial charge in [-0.3, -0.25) is 9.69 Å². The third-order valence-corrected chi connectivity index (χ3v) is 4.84. The van der Waals surface area contributed by atoms with Crippen molar-refractivity contribution >= 4 is 28.8 Å².